The number of nitrogens with zero attached hydrogens (tertiary/aromatic N) is 3. The first-order valence-corrected chi connectivity index (χ1v) is 9.33. The van der Waals surface area contributed by atoms with E-state index in [1.807, 2.05) is 60.7 Å². The fraction of sp³-hybridized carbons (Fsp3) is 0.238. The average molecular weight is 382 g/mol. The summed E-state index contributed by atoms with van der Waals surface area (Å²) in [5.41, 5.74) is 2.85. The molecule has 140 valence electrons. The summed E-state index contributed by atoms with van der Waals surface area (Å²) in [6, 6.07) is 19.6. The number of aromatic nitrogens is 2. The van der Waals surface area contributed by atoms with Crippen molar-refractivity contribution in [3.8, 4) is 11.3 Å². The van der Waals surface area contributed by atoms with Crippen molar-refractivity contribution in [1.82, 2.24) is 14.9 Å². The minimum atomic E-state index is 0.617. The van der Waals surface area contributed by atoms with Gasteiger partial charge in [0.2, 0.25) is 5.95 Å². The summed E-state index contributed by atoms with van der Waals surface area (Å²) in [6.07, 6.45) is 1.02. The molecule has 0 saturated heterocycles. The van der Waals surface area contributed by atoms with E-state index in [0.717, 1.165) is 42.3 Å². The van der Waals surface area contributed by atoms with Gasteiger partial charge in [-0.15, -0.1) is 0 Å². The van der Waals surface area contributed by atoms with Crippen LogP contribution in [0.4, 0.5) is 17.5 Å². The monoisotopic (exact) mass is 381 g/mol. The summed E-state index contributed by atoms with van der Waals surface area (Å²) in [6.45, 7) is 1.83. The Morgan fingerprint density at radius 2 is 1.70 bits per heavy atom. The molecule has 0 aliphatic carbocycles. The number of rotatable bonds is 8. The summed E-state index contributed by atoms with van der Waals surface area (Å²) in [4.78, 5) is 11.5. The van der Waals surface area contributed by atoms with Gasteiger partial charge in [-0.05, 0) is 51.3 Å². The van der Waals surface area contributed by atoms with Crippen molar-refractivity contribution in [2.75, 3.05) is 37.8 Å². The average Bonchev–Trinajstić information content (AvgIpc) is 2.67. The van der Waals surface area contributed by atoms with Crippen LogP contribution in [0.5, 0.6) is 0 Å². The summed E-state index contributed by atoms with van der Waals surface area (Å²) in [5.74, 6) is 1.35. The van der Waals surface area contributed by atoms with Crippen LogP contribution in [-0.4, -0.2) is 42.1 Å². The van der Waals surface area contributed by atoms with Crippen molar-refractivity contribution in [1.29, 1.82) is 0 Å². The quantitative estimate of drug-likeness (QED) is 0.543. The predicted octanol–water partition coefficient (Wildman–Crippen LogP) is 4.90. The minimum absolute atomic E-state index is 0.617. The van der Waals surface area contributed by atoms with E-state index in [0.29, 0.717) is 11.0 Å². The largest absolute Gasteiger partial charge is 0.354 e. The van der Waals surface area contributed by atoms with E-state index in [1.54, 1.807) is 0 Å². The number of anilines is 3. The third-order valence-electron chi connectivity index (χ3n) is 3.98. The molecule has 0 atom stereocenters. The number of nitrogens with one attached hydrogen (secondary N) is 2. The lowest BCUT2D eigenvalue weighted by molar-refractivity contribution is 0.405. The molecule has 2 aromatic carbocycles. The molecule has 0 unspecified atom stereocenters. The van der Waals surface area contributed by atoms with E-state index >= 15 is 0 Å². The van der Waals surface area contributed by atoms with Crippen LogP contribution < -0.4 is 10.6 Å². The second-order valence-corrected chi connectivity index (χ2v) is 6.98. The zero-order valence-electron chi connectivity index (χ0n) is 15.6. The fourth-order valence-electron chi connectivity index (χ4n) is 2.62. The predicted molar refractivity (Wildman–Crippen MR) is 114 cm³/mol. The first-order valence-electron chi connectivity index (χ1n) is 8.96. The topological polar surface area (TPSA) is 53.1 Å². The van der Waals surface area contributed by atoms with E-state index in [9.17, 15) is 0 Å². The van der Waals surface area contributed by atoms with Gasteiger partial charge in [0.15, 0.2) is 0 Å². The molecule has 27 heavy (non-hydrogen) atoms. The van der Waals surface area contributed by atoms with Crippen LogP contribution in [0, 0.1) is 0 Å². The lowest BCUT2D eigenvalue weighted by Gasteiger charge is -2.13. The maximum absolute atomic E-state index is 5.97. The molecule has 1 heterocycles. The Morgan fingerprint density at radius 1 is 0.963 bits per heavy atom. The van der Waals surface area contributed by atoms with Gasteiger partial charge in [-0.1, -0.05) is 41.9 Å². The van der Waals surface area contributed by atoms with E-state index in [2.05, 4.69) is 39.6 Å². The summed E-state index contributed by atoms with van der Waals surface area (Å²) < 4.78 is 0. The summed E-state index contributed by atoms with van der Waals surface area (Å²) in [5, 5.41) is 7.37. The van der Waals surface area contributed by atoms with Gasteiger partial charge < -0.3 is 15.5 Å². The summed E-state index contributed by atoms with van der Waals surface area (Å²) >= 11 is 5.97. The number of benzene rings is 2. The number of hydrogen-bond donors (Lipinski definition) is 2. The first-order chi connectivity index (χ1) is 13.1. The van der Waals surface area contributed by atoms with Crippen LogP contribution in [-0.2, 0) is 0 Å². The molecule has 6 heteroatoms. The molecule has 5 nitrogen and oxygen atoms in total. The first kappa shape index (κ1) is 19.1. The van der Waals surface area contributed by atoms with Crippen LogP contribution in [0.2, 0.25) is 5.02 Å². The minimum Gasteiger partial charge on any atom is -0.354 e. The van der Waals surface area contributed by atoms with Gasteiger partial charge in [0, 0.05) is 28.9 Å². The Kier molecular flexibility index (Phi) is 6.63. The molecule has 0 aliphatic rings. The second kappa shape index (κ2) is 9.35. The Labute approximate surface area is 165 Å². The Hall–Kier alpha value is -2.63. The molecule has 0 bridgehead atoms. The Morgan fingerprint density at radius 3 is 2.41 bits per heavy atom. The highest BCUT2D eigenvalue weighted by molar-refractivity contribution is 6.30. The van der Waals surface area contributed by atoms with E-state index in [1.165, 1.54) is 0 Å². The molecule has 0 fully saturated rings. The lowest BCUT2D eigenvalue weighted by Crippen LogP contribution is -2.17. The van der Waals surface area contributed by atoms with Crippen LogP contribution in [0.1, 0.15) is 6.42 Å². The molecule has 0 saturated carbocycles. The van der Waals surface area contributed by atoms with Crippen LogP contribution in [0.15, 0.2) is 60.7 Å². The van der Waals surface area contributed by atoms with Gasteiger partial charge in [0.1, 0.15) is 5.82 Å². The van der Waals surface area contributed by atoms with Crippen molar-refractivity contribution in [3.63, 3.8) is 0 Å². The Balaban J connectivity index is 1.82. The van der Waals surface area contributed by atoms with Gasteiger partial charge in [-0.25, -0.2) is 4.98 Å². The molecule has 3 aromatic rings. The highest BCUT2D eigenvalue weighted by atomic mass is 35.5. The van der Waals surface area contributed by atoms with Crippen molar-refractivity contribution in [2.45, 2.75) is 6.42 Å². The molecule has 3 rings (SSSR count). The maximum atomic E-state index is 5.97. The van der Waals surface area contributed by atoms with Gasteiger partial charge >= 0.3 is 0 Å². The molecular formula is C21H24ClN5. The second-order valence-electron chi connectivity index (χ2n) is 6.54. The van der Waals surface area contributed by atoms with Crippen molar-refractivity contribution < 1.29 is 0 Å². The zero-order chi connectivity index (χ0) is 19.1. The molecule has 0 radical (unpaired) electrons. The van der Waals surface area contributed by atoms with E-state index < -0.39 is 0 Å². The van der Waals surface area contributed by atoms with Gasteiger partial charge in [0.25, 0.3) is 0 Å². The van der Waals surface area contributed by atoms with E-state index in [-0.39, 0.29) is 0 Å². The molecule has 0 spiro atoms. The third-order valence-corrected chi connectivity index (χ3v) is 4.23. The van der Waals surface area contributed by atoms with Crippen molar-refractivity contribution in [3.05, 3.63) is 65.7 Å². The van der Waals surface area contributed by atoms with Gasteiger partial charge in [0.05, 0.1) is 5.69 Å². The normalized spacial score (nSPS) is 10.8. The van der Waals surface area contributed by atoms with Gasteiger partial charge in [-0.2, -0.15) is 4.98 Å². The molecular weight excluding hydrogens is 358 g/mol. The SMILES string of the molecule is CN(C)CCCNc1nc(Nc2ccc(Cl)cc2)cc(-c2ccccc2)n1. The maximum Gasteiger partial charge on any atom is 0.225 e. The molecule has 1 aromatic heterocycles. The lowest BCUT2D eigenvalue weighted by atomic mass is 10.1. The van der Waals surface area contributed by atoms with Crippen LogP contribution >= 0.6 is 11.6 Å². The Bertz CT molecular complexity index is 850. The van der Waals surface area contributed by atoms with Crippen LogP contribution in [0.25, 0.3) is 11.3 Å². The fourth-order valence-corrected chi connectivity index (χ4v) is 2.75. The highest BCUT2D eigenvalue weighted by Gasteiger charge is 2.07. The number of hydrogen-bond acceptors (Lipinski definition) is 5. The van der Waals surface area contributed by atoms with Crippen molar-refractivity contribution >= 4 is 29.1 Å². The number of halogens is 1. The standard InChI is InChI=1S/C21H24ClN5/c1-27(2)14-6-13-23-21-25-19(16-7-4-3-5-8-16)15-20(26-21)24-18-11-9-17(22)10-12-18/h3-5,7-12,15H,6,13-14H2,1-2H3,(H2,23,24,25,26). The van der Waals surface area contributed by atoms with Crippen molar-refractivity contribution in [2.24, 2.45) is 0 Å². The third kappa shape index (κ3) is 5.94. The molecule has 0 aliphatic heterocycles. The molecule has 2 N–H and O–H groups in total. The highest BCUT2D eigenvalue weighted by Crippen LogP contribution is 2.24. The van der Waals surface area contributed by atoms with Crippen LogP contribution in [0.3, 0.4) is 0 Å². The van der Waals surface area contributed by atoms with E-state index in [4.69, 9.17) is 11.6 Å². The van der Waals surface area contributed by atoms with Gasteiger partial charge in [-0.3, -0.25) is 0 Å². The summed E-state index contributed by atoms with van der Waals surface area (Å²) in [7, 11) is 4.14. The molecule has 0 amide bonds. The zero-order valence-corrected chi connectivity index (χ0v) is 16.4. The smallest absolute Gasteiger partial charge is 0.225 e.